The van der Waals surface area contributed by atoms with Crippen molar-refractivity contribution in [1.82, 2.24) is 9.55 Å². The van der Waals surface area contributed by atoms with Crippen LogP contribution in [0, 0.1) is 13.8 Å². The first-order valence-electron chi connectivity index (χ1n) is 7.85. The molecule has 3 rings (SSSR count). The molecule has 0 aliphatic rings. The Balaban J connectivity index is 1.91. The van der Waals surface area contributed by atoms with Gasteiger partial charge in [-0.2, -0.15) is 0 Å². The van der Waals surface area contributed by atoms with Crippen LogP contribution in [0.25, 0.3) is 10.2 Å². The van der Waals surface area contributed by atoms with Crippen molar-refractivity contribution in [3.8, 4) is 0 Å². The number of hydrogen-bond donors (Lipinski definition) is 1. The predicted octanol–water partition coefficient (Wildman–Crippen LogP) is 3.28. The molecule has 0 atom stereocenters. The van der Waals surface area contributed by atoms with Gasteiger partial charge < -0.3 is 5.32 Å². The topological polar surface area (TPSA) is 64.0 Å². The maximum absolute atomic E-state index is 12.7. The summed E-state index contributed by atoms with van der Waals surface area (Å²) in [6.45, 7) is 5.69. The Labute approximate surface area is 144 Å². The fraction of sp³-hybridized carbons (Fsp3) is 0.278. The van der Waals surface area contributed by atoms with E-state index < -0.39 is 0 Å². The van der Waals surface area contributed by atoms with Crippen molar-refractivity contribution in [2.75, 3.05) is 5.32 Å². The van der Waals surface area contributed by atoms with Gasteiger partial charge in [-0.25, -0.2) is 4.98 Å². The Bertz CT molecular complexity index is 972. The van der Waals surface area contributed by atoms with E-state index in [0.717, 1.165) is 27.4 Å². The number of fused-ring (bicyclic) bond motifs is 1. The number of aryl methyl sites for hydroxylation is 3. The molecule has 0 aliphatic heterocycles. The number of nitrogens with one attached hydrogen (secondary N) is 1. The minimum absolute atomic E-state index is 0.0424. The molecular weight excluding hydrogens is 322 g/mol. The van der Waals surface area contributed by atoms with E-state index in [4.69, 9.17) is 0 Å². The monoisotopic (exact) mass is 341 g/mol. The molecule has 0 radical (unpaired) electrons. The molecule has 1 aromatic carbocycles. The van der Waals surface area contributed by atoms with Gasteiger partial charge in [0.15, 0.2) is 0 Å². The molecule has 2 heterocycles. The molecule has 0 aliphatic carbocycles. The standard InChI is InChI=1S/C18H19N3O2S/c1-4-13-9-14-17(24-13)19-12(3)21(18(14)23)10-16(22)20-15-8-6-5-7-11(15)2/h5-9H,4,10H2,1-3H3,(H,20,22). The smallest absolute Gasteiger partial charge is 0.262 e. The molecule has 124 valence electrons. The molecule has 1 amide bonds. The van der Waals surface area contributed by atoms with Crippen molar-refractivity contribution in [1.29, 1.82) is 0 Å². The molecule has 0 saturated heterocycles. The fourth-order valence-electron chi connectivity index (χ4n) is 2.57. The molecule has 1 N–H and O–H groups in total. The molecule has 0 bridgehead atoms. The highest BCUT2D eigenvalue weighted by Gasteiger charge is 2.14. The summed E-state index contributed by atoms with van der Waals surface area (Å²) in [6.07, 6.45) is 0.868. The summed E-state index contributed by atoms with van der Waals surface area (Å²) in [6, 6.07) is 9.43. The van der Waals surface area contributed by atoms with Crippen LogP contribution >= 0.6 is 11.3 Å². The van der Waals surface area contributed by atoms with E-state index in [2.05, 4.69) is 10.3 Å². The van der Waals surface area contributed by atoms with Crippen LogP contribution in [-0.4, -0.2) is 15.5 Å². The minimum atomic E-state index is -0.235. The van der Waals surface area contributed by atoms with Crippen molar-refractivity contribution in [2.24, 2.45) is 0 Å². The molecule has 0 unspecified atom stereocenters. The number of aromatic nitrogens is 2. The Morgan fingerprint density at radius 3 is 2.75 bits per heavy atom. The van der Waals surface area contributed by atoms with E-state index in [9.17, 15) is 9.59 Å². The summed E-state index contributed by atoms with van der Waals surface area (Å²) in [5.41, 5.74) is 1.58. The van der Waals surface area contributed by atoms with Crippen molar-refractivity contribution < 1.29 is 4.79 Å². The zero-order valence-corrected chi connectivity index (χ0v) is 14.7. The van der Waals surface area contributed by atoms with E-state index >= 15 is 0 Å². The second kappa shape index (κ2) is 6.57. The maximum atomic E-state index is 12.7. The zero-order chi connectivity index (χ0) is 17.3. The average Bonchev–Trinajstić information content (AvgIpc) is 2.97. The fourth-order valence-corrected chi connectivity index (χ4v) is 3.58. The van der Waals surface area contributed by atoms with E-state index in [-0.39, 0.29) is 18.0 Å². The summed E-state index contributed by atoms with van der Waals surface area (Å²) >= 11 is 1.53. The van der Waals surface area contributed by atoms with Gasteiger partial charge in [-0.1, -0.05) is 25.1 Å². The second-order valence-corrected chi connectivity index (χ2v) is 6.81. The molecule has 6 heteroatoms. The van der Waals surface area contributed by atoms with E-state index in [1.165, 1.54) is 15.9 Å². The number of anilines is 1. The SMILES string of the molecule is CCc1cc2c(=O)n(CC(=O)Nc3ccccc3C)c(C)nc2s1. The van der Waals surface area contributed by atoms with Gasteiger partial charge in [0.1, 0.15) is 17.2 Å². The summed E-state index contributed by atoms with van der Waals surface area (Å²) < 4.78 is 1.43. The lowest BCUT2D eigenvalue weighted by atomic mass is 10.2. The Hall–Kier alpha value is -2.47. The molecular formula is C18H19N3O2S. The quantitative estimate of drug-likeness (QED) is 0.792. The second-order valence-electron chi connectivity index (χ2n) is 5.70. The van der Waals surface area contributed by atoms with Gasteiger partial charge in [-0.15, -0.1) is 11.3 Å². The van der Waals surface area contributed by atoms with Gasteiger partial charge >= 0.3 is 0 Å². The van der Waals surface area contributed by atoms with Crippen LogP contribution < -0.4 is 10.9 Å². The van der Waals surface area contributed by atoms with Crippen molar-refractivity contribution in [3.05, 3.63) is 57.0 Å². The number of benzene rings is 1. The van der Waals surface area contributed by atoms with Crippen LogP contribution in [0.4, 0.5) is 5.69 Å². The first kappa shape index (κ1) is 16.4. The van der Waals surface area contributed by atoms with Gasteiger partial charge in [-0.05, 0) is 38.0 Å². The number of nitrogens with zero attached hydrogens (tertiary/aromatic N) is 2. The molecule has 0 saturated carbocycles. The number of rotatable bonds is 4. The normalized spacial score (nSPS) is 11.0. The largest absolute Gasteiger partial charge is 0.324 e. The first-order valence-corrected chi connectivity index (χ1v) is 8.66. The highest BCUT2D eigenvalue weighted by molar-refractivity contribution is 7.18. The highest BCUT2D eigenvalue weighted by atomic mass is 32.1. The molecule has 24 heavy (non-hydrogen) atoms. The van der Waals surface area contributed by atoms with Crippen LogP contribution in [0.3, 0.4) is 0 Å². The number of amides is 1. The molecule has 3 aromatic rings. The Kier molecular flexibility index (Phi) is 4.49. The van der Waals surface area contributed by atoms with E-state index in [1.54, 1.807) is 6.92 Å². The summed E-state index contributed by atoms with van der Waals surface area (Å²) in [5.74, 6) is 0.318. The lowest BCUT2D eigenvalue weighted by Gasteiger charge is -2.11. The third-order valence-corrected chi connectivity index (χ3v) is 5.14. The van der Waals surface area contributed by atoms with Gasteiger partial charge in [-0.3, -0.25) is 14.2 Å². The lowest BCUT2D eigenvalue weighted by Crippen LogP contribution is -2.30. The lowest BCUT2D eigenvalue weighted by molar-refractivity contribution is -0.116. The van der Waals surface area contributed by atoms with Crippen LogP contribution in [0.1, 0.15) is 23.2 Å². The summed E-state index contributed by atoms with van der Waals surface area (Å²) in [5, 5.41) is 3.44. The van der Waals surface area contributed by atoms with Crippen LogP contribution in [0.5, 0.6) is 0 Å². The molecule has 0 spiro atoms. The maximum Gasteiger partial charge on any atom is 0.262 e. The predicted molar refractivity (Wildman–Crippen MR) is 97.8 cm³/mol. The Morgan fingerprint density at radius 1 is 1.29 bits per heavy atom. The molecule has 2 aromatic heterocycles. The van der Waals surface area contributed by atoms with Crippen molar-refractivity contribution >= 4 is 33.1 Å². The Morgan fingerprint density at radius 2 is 2.04 bits per heavy atom. The van der Waals surface area contributed by atoms with E-state index in [0.29, 0.717) is 11.2 Å². The van der Waals surface area contributed by atoms with Gasteiger partial charge in [0.05, 0.1) is 5.39 Å². The minimum Gasteiger partial charge on any atom is -0.324 e. The zero-order valence-electron chi connectivity index (χ0n) is 13.9. The third kappa shape index (κ3) is 3.10. The molecule has 5 nitrogen and oxygen atoms in total. The first-order chi connectivity index (χ1) is 11.5. The van der Waals surface area contributed by atoms with Gasteiger partial charge in [0.2, 0.25) is 5.91 Å². The number of carbonyl (C=O) groups is 1. The van der Waals surface area contributed by atoms with Gasteiger partial charge in [0.25, 0.3) is 5.56 Å². The summed E-state index contributed by atoms with van der Waals surface area (Å²) in [4.78, 5) is 31.4. The number of para-hydroxylation sites is 1. The van der Waals surface area contributed by atoms with Crippen LogP contribution in [0.15, 0.2) is 35.1 Å². The number of carbonyl (C=O) groups excluding carboxylic acids is 1. The van der Waals surface area contributed by atoms with Crippen LogP contribution in [-0.2, 0) is 17.8 Å². The van der Waals surface area contributed by atoms with Crippen molar-refractivity contribution in [2.45, 2.75) is 33.7 Å². The summed E-state index contributed by atoms with van der Waals surface area (Å²) in [7, 11) is 0. The van der Waals surface area contributed by atoms with E-state index in [1.807, 2.05) is 44.2 Å². The average molecular weight is 341 g/mol. The van der Waals surface area contributed by atoms with Gasteiger partial charge in [0, 0.05) is 10.6 Å². The molecule has 0 fully saturated rings. The third-order valence-electron chi connectivity index (χ3n) is 3.96. The highest BCUT2D eigenvalue weighted by Crippen LogP contribution is 2.22. The number of thiophene rings is 1. The van der Waals surface area contributed by atoms with Crippen molar-refractivity contribution in [3.63, 3.8) is 0 Å². The van der Waals surface area contributed by atoms with Crippen LogP contribution in [0.2, 0.25) is 0 Å². The number of hydrogen-bond acceptors (Lipinski definition) is 4.